The zero-order chi connectivity index (χ0) is 15.5. The molecule has 3 rings (SSSR count). The van der Waals surface area contributed by atoms with Crippen molar-refractivity contribution in [2.24, 2.45) is 5.92 Å². The normalized spacial score (nSPS) is 16.0. The molecule has 0 aromatic heterocycles. The van der Waals surface area contributed by atoms with E-state index in [1.165, 1.54) is 0 Å². The lowest BCUT2D eigenvalue weighted by molar-refractivity contribution is 0.0850. The Morgan fingerprint density at radius 2 is 1.59 bits per heavy atom. The van der Waals surface area contributed by atoms with Crippen LogP contribution in [0.25, 0.3) is 11.1 Å². The minimum absolute atomic E-state index is 0.259. The third-order valence-corrected chi connectivity index (χ3v) is 4.72. The summed E-state index contributed by atoms with van der Waals surface area (Å²) < 4.78 is 11.6. The van der Waals surface area contributed by atoms with Gasteiger partial charge in [-0.25, -0.2) is 0 Å². The van der Waals surface area contributed by atoms with Crippen molar-refractivity contribution < 1.29 is 9.31 Å². The second-order valence-corrected chi connectivity index (χ2v) is 6.34. The quantitative estimate of drug-likeness (QED) is 0.773. The molecule has 1 aliphatic heterocycles. The molecule has 1 fully saturated rings. The second kappa shape index (κ2) is 7.05. The minimum atomic E-state index is -0.259. The molecule has 2 nitrogen and oxygen atoms in total. The van der Waals surface area contributed by atoms with Crippen LogP contribution in [-0.4, -0.2) is 20.3 Å². The molecule has 0 amide bonds. The fourth-order valence-corrected chi connectivity index (χ4v) is 2.78. The summed E-state index contributed by atoms with van der Waals surface area (Å²) in [5.74, 6) is 0.506. The molecule has 22 heavy (non-hydrogen) atoms. The van der Waals surface area contributed by atoms with E-state index in [0.717, 1.165) is 36.2 Å². The molecule has 0 unspecified atom stereocenters. The van der Waals surface area contributed by atoms with Crippen LogP contribution in [0.2, 0.25) is 10.0 Å². The lowest BCUT2D eigenvalue weighted by atomic mass is 9.77. The summed E-state index contributed by atoms with van der Waals surface area (Å²) in [6.07, 6.45) is 1.09. The van der Waals surface area contributed by atoms with E-state index in [2.05, 4.69) is 6.92 Å². The van der Waals surface area contributed by atoms with Crippen molar-refractivity contribution in [3.8, 4) is 11.1 Å². The highest BCUT2D eigenvalue weighted by molar-refractivity contribution is 6.61. The predicted octanol–water partition coefficient (Wildman–Crippen LogP) is 4.43. The van der Waals surface area contributed by atoms with Gasteiger partial charge in [0, 0.05) is 19.1 Å². The first-order valence-electron chi connectivity index (χ1n) is 7.46. The van der Waals surface area contributed by atoms with Gasteiger partial charge in [0.2, 0.25) is 0 Å². The maximum absolute atomic E-state index is 6.07. The van der Waals surface area contributed by atoms with Crippen LogP contribution in [0.15, 0.2) is 42.5 Å². The maximum Gasteiger partial charge on any atom is 0.493 e. The first-order valence-corrected chi connectivity index (χ1v) is 8.21. The van der Waals surface area contributed by atoms with Crippen LogP contribution in [0.3, 0.4) is 0 Å². The standard InChI is InChI=1S/C17H17BCl2O2/c1-2-12-10-21-18(22-11-12)15-6-3-13(4-7-15)14-5-8-16(19)17(20)9-14/h3-9,12H,2,10-11H2,1H3. The first kappa shape index (κ1) is 15.9. The lowest BCUT2D eigenvalue weighted by Crippen LogP contribution is -2.44. The highest BCUT2D eigenvalue weighted by Gasteiger charge is 2.28. The van der Waals surface area contributed by atoms with Gasteiger partial charge in [0.25, 0.3) is 0 Å². The molecule has 5 heteroatoms. The Balaban J connectivity index is 1.74. The van der Waals surface area contributed by atoms with Gasteiger partial charge >= 0.3 is 7.12 Å². The summed E-state index contributed by atoms with van der Waals surface area (Å²) in [5.41, 5.74) is 3.17. The van der Waals surface area contributed by atoms with Crippen molar-refractivity contribution >= 4 is 35.8 Å². The van der Waals surface area contributed by atoms with Gasteiger partial charge in [-0.1, -0.05) is 60.5 Å². The molecule has 1 saturated heterocycles. The third-order valence-electron chi connectivity index (χ3n) is 3.98. The molecular formula is C17H17BCl2O2. The van der Waals surface area contributed by atoms with Gasteiger partial charge in [0.05, 0.1) is 10.0 Å². The van der Waals surface area contributed by atoms with Gasteiger partial charge in [-0.2, -0.15) is 0 Å². The van der Waals surface area contributed by atoms with Crippen LogP contribution in [0, 0.1) is 5.92 Å². The smallest absolute Gasteiger partial charge is 0.407 e. The Bertz CT molecular complexity index is 638. The average Bonchev–Trinajstić information content (AvgIpc) is 2.58. The van der Waals surface area contributed by atoms with E-state index in [0.29, 0.717) is 16.0 Å². The van der Waals surface area contributed by atoms with Gasteiger partial charge in [-0.15, -0.1) is 0 Å². The topological polar surface area (TPSA) is 18.5 Å². The summed E-state index contributed by atoms with van der Waals surface area (Å²) in [6.45, 7) is 3.68. The van der Waals surface area contributed by atoms with E-state index in [4.69, 9.17) is 32.5 Å². The fourth-order valence-electron chi connectivity index (χ4n) is 2.48. The summed E-state index contributed by atoms with van der Waals surface area (Å²) in [5, 5.41) is 1.13. The van der Waals surface area contributed by atoms with Gasteiger partial charge in [-0.3, -0.25) is 0 Å². The van der Waals surface area contributed by atoms with E-state index in [-0.39, 0.29) is 7.12 Å². The molecular weight excluding hydrogens is 318 g/mol. The van der Waals surface area contributed by atoms with Crippen molar-refractivity contribution in [3.63, 3.8) is 0 Å². The Kier molecular flexibility index (Phi) is 5.09. The number of hydrogen-bond acceptors (Lipinski definition) is 2. The summed E-state index contributed by atoms with van der Waals surface area (Å²) in [6, 6.07) is 13.8. The van der Waals surface area contributed by atoms with Crippen molar-refractivity contribution in [2.75, 3.05) is 13.2 Å². The molecule has 0 atom stereocenters. The summed E-state index contributed by atoms with van der Waals surface area (Å²) in [7, 11) is -0.259. The molecule has 0 spiro atoms. The Morgan fingerprint density at radius 1 is 0.955 bits per heavy atom. The van der Waals surface area contributed by atoms with Crippen molar-refractivity contribution in [1.29, 1.82) is 0 Å². The molecule has 2 aromatic carbocycles. The van der Waals surface area contributed by atoms with Crippen LogP contribution < -0.4 is 5.46 Å². The largest absolute Gasteiger partial charge is 0.493 e. The fraction of sp³-hybridized carbons (Fsp3) is 0.294. The maximum atomic E-state index is 6.07. The monoisotopic (exact) mass is 334 g/mol. The van der Waals surface area contributed by atoms with Crippen LogP contribution in [-0.2, 0) is 9.31 Å². The molecule has 0 saturated carbocycles. The molecule has 2 aromatic rings. The van der Waals surface area contributed by atoms with Crippen LogP contribution in [0.5, 0.6) is 0 Å². The number of benzene rings is 2. The molecule has 1 heterocycles. The first-order chi connectivity index (χ1) is 10.7. The molecule has 0 radical (unpaired) electrons. The van der Waals surface area contributed by atoms with E-state index in [9.17, 15) is 0 Å². The summed E-state index contributed by atoms with van der Waals surface area (Å²) in [4.78, 5) is 0. The summed E-state index contributed by atoms with van der Waals surface area (Å²) >= 11 is 12.0. The van der Waals surface area contributed by atoms with Gasteiger partial charge in [0.15, 0.2) is 0 Å². The number of halogens is 2. The van der Waals surface area contributed by atoms with Gasteiger partial charge < -0.3 is 9.31 Å². The van der Waals surface area contributed by atoms with Crippen molar-refractivity contribution in [1.82, 2.24) is 0 Å². The van der Waals surface area contributed by atoms with E-state index >= 15 is 0 Å². The number of rotatable bonds is 3. The SMILES string of the molecule is CCC1COB(c2ccc(-c3ccc(Cl)c(Cl)c3)cc2)OC1. The van der Waals surface area contributed by atoms with Crippen LogP contribution in [0.4, 0.5) is 0 Å². The predicted molar refractivity (Wildman–Crippen MR) is 93.0 cm³/mol. The average molecular weight is 335 g/mol. The zero-order valence-electron chi connectivity index (χ0n) is 12.4. The molecule has 0 N–H and O–H groups in total. The molecule has 114 valence electrons. The molecule has 0 bridgehead atoms. The zero-order valence-corrected chi connectivity index (χ0v) is 13.9. The highest BCUT2D eigenvalue weighted by atomic mass is 35.5. The van der Waals surface area contributed by atoms with Crippen LogP contribution >= 0.6 is 23.2 Å². The van der Waals surface area contributed by atoms with Gasteiger partial charge in [-0.05, 0) is 35.1 Å². The Labute approximate surface area is 141 Å². The van der Waals surface area contributed by atoms with Crippen LogP contribution in [0.1, 0.15) is 13.3 Å². The minimum Gasteiger partial charge on any atom is -0.407 e. The van der Waals surface area contributed by atoms with E-state index < -0.39 is 0 Å². The Hall–Kier alpha value is -0.995. The Morgan fingerprint density at radius 3 is 2.18 bits per heavy atom. The second-order valence-electron chi connectivity index (χ2n) is 5.52. The molecule has 0 aliphatic carbocycles. The number of hydrogen-bond donors (Lipinski definition) is 0. The van der Waals surface area contributed by atoms with Gasteiger partial charge in [0.1, 0.15) is 0 Å². The van der Waals surface area contributed by atoms with Crippen molar-refractivity contribution in [2.45, 2.75) is 13.3 Å². The van der Waals surface area contributed by atoms with E-state index in [1.54, 1.807) is 0 Å². The van der Waals surface area contributed by atoms with E-state index in [1.807, 2.05) is 42.5 Å². The lowest BCUT2D eigenvalue weighted by Gasteiger charge is -2.26. The van der Waals surface area contributed by atoms with Crippen molar-refractivity contribution in [3.05, 3.63) is 52.5 Å². The molecule has 1 aliphatic rings. The highest BCUT2D eigenvalue weighted by Crippen LogP contribution is 2.28. The third kappa shape index (κ3) is 3.49.